The first-order valence-electron chi connectivity index (χ1n) is 6.19. The maximum atomic E-state index is 11.7. The van der Waals surface area contributed by atoms with Crippen molar-refractivity contribution >= 4 is 11.9 Å². The van der Waals surface area contributed by atoms with Gasteiger partial charge >= 0.3 is 6.09 Å². The largest absolute Gasteiger partial charge is 0.445 e. The summed E-state index contributed by atoms with van der Waals surface area (Å²) >= 11 is 0. The second-order valence-corrected chi connectivity index (χ2v) is 5.10. The highest BCUT2D eigenvalue weighted by atomic mass is 16.6. The Labute approximate surface area is 106 Å². The maximum Gasteiger partial charge on any atom is 0.410 e. The van der Waals surface area contributed by atoms with Crippen LogP contribution in [-0.4, -0.2) is 29.9 Å². The van der Waals surface area contributed by atoms with Crippen LogP contribution in [0.15, 0.2) is 30.3 Å². The summed E-state index contributed by atoms with van der Waals surface area (Å²) in [6.45, 7) is 1.37. The molecule has 94 valence electrons. The molecule has 1 aliphatic heterocycles. The summed E-state index contributed by atoms with van der Waals surface area (Å²) in [6.07, 6.45) is 1.28. The summed E-state index contributed by atoms with van der Waals surface area (Å²) in [5, 5.41) is 0. The van der Waals surface area contributed by atoms with E-state index in [4.69, 9.17) is 4.74 Å². The monoisotopic (exact) mass is 245 g/mol. The van der Waals surface area contributed by atoms with Gasteiger partial charge in [0.2, 0.25) is 0 Å². The average Bonchev–Trinajstić information content (AvgIpc) is 2.34. The van der Waals surface area contributed by atoms with Crippen molar-refractivity contribution in [2.45, 2.75) is 19.4 Å². The zero-order valence-electron chi connectivity index (χ0n) is 10.1. The smallest absolute Gasteiger partial charge is 0.410 e. The number of Topliss-reactive ketones (excluding diaryl/α,β-unsaturated/α-hetero) is 1. The first-order chi connectivity index (χ1) is 8.70. The minimum absolute atomic E-state index is 0.203. The van der Waals surface area contributed by atoms with Crippen LogP contribution in [0.4, 0.5) is 4.79 Å². The molecule has 1 spiro atoms. The summed E-state index contributed by atoms with van der Waals surface area (Å²) in [6, 6.07) is 9.58. The van der Waals surface area contributed by atoms with Crippen molar-refractivity contribution in [2.75, 3.05) is 13.1 Å². The standard InChI is InChI=1S/C14H15NO3/c16-12-6-7-14(12)9-15(10-14)13(17)18-8-11-4-2-1-3-5-11/h1-5H,6-10H2. The maximum absolute atomic E-state index is 11.7. The van der Waals surface area contributed by atoms with E-state index in [9.17, 15) is 9.59 Å². The summed E-state index contributed by atoms with van der Waals surface area (Å²) in [5.74, 6) is 0.301. The minimum atomic E-state index is -0.316. The van der Waals surface area contributed by atoms with Crippen LogP contribution in [-0.2, 0) is 16.1 Å². The van der Waals surface area contributed by atoms with Crippen LogP contribution in [0.1, 0.15) is 18.4 Å². The van der Waals surface area contributed by atoms with Gasteiger partial charge in [0.25, 0.3) is 0 Å². The highest BCUT2D eigenvalue weighted by Gasteiger charge is 2.56. The quantitative estimate of drug-likeness (QED) is 0.800. The van der Waals surface area contributed by atoms with E-state index in [-0.39, 0.29) is 18.1 Å². The van der Waals surface area contributed by atoms with E-state index in [1.165, 1.54) is 0 Å². The SMILES string of the molecule is O=C(OCc1ccccc1)N1CC2(CCC2=O)C1. The highest BCUT2D eigenvalue weighted by Crippen LogP contribution is 2.45. The third-order valence-electron chi connectivity index (χ3n) is 3.87. The van der Waals surface area contributed by atoms with Crippen LogP contribution in [0.2, 0.25) is 0 Å². The van der Waals surface area contributed by atoms with E-state index in [1.54, 1.807) is 4.90 Å². The Kier molecular flexibility index (Phi) is 2.58. The summed E-state index contributed by atoms with van der Waals surface area (Å²) < 4.78 is 5.20. The number of likely N-dealkylation sites (tertiary alicyclic amines) is 1. The third-order valence-corrected chi connectivity index (χ3v) is 3.87. The van der Waals surface area contributed by atoms with Crippen molar-refractivity contribution in [3.8, 4) is 0 Å². The predicted octanol–water partition coefficient (Wildman–Crippen LogP) is 1.99. The molecule has 1 aromatic rings. The van der Waals surface area contributed by atoms with Crippen LogP contribution in [0.25, 0.3) is 0 Å². The Morgan fingerprint density at radius 1 is 1.28 bits per heavy atom. The van der Waals surface area contributed by atoms with Gasteiger partial charge in [0.1, 0.15) is 12.4 Å². The second kappa shape index (κ2) is 4.12. The molecular formula is C14H15NO3. The van der Waals surface area contributed by atoms with Gasteiger partial charge < -0.3 is 9.64 Å². The molecule has 4 heteroatoms. The fraction of sp³-hybridized carbons (Fsp3) is 0.429. The lowest BCUT2D eigenvalue weighted by atomic mass is 9.62. The van der Waals surface area contributed by atoms with Gasteiger partial charge in [-0.2, -0.15) is 0 Å². The molecule has 1 aromatic carbocycles. The van der Waals surface area contributed by atoms with Crippen molar-refractivity contribution < 1.29 is 14.3 Å². The van der Waals surface area contributed by atoms with Crippen LogP contribution >= 0.6 is 0 Å². The Hall–Kier alpha value is -1.84. The number of ketones is 1. The van der Waals surface area contributed by atoms with Gasteiger partial charge in [0.05, 0.1) is 5.41 Å². The molecule has 18 heavy (non-hydrogen) atoms. The topological polar surface area (TPSA) is 46.6 Å². The van der Waals surface area contributed by atoms with Crippen molar-refractivity contribution in [3.63, 3.8) is 0 Å². The molecule has 0 atom stereocenters. The van der Waals surface area contributed by atoms with Crippen molar-refractivity contribution in [3.05, 3.63) is 35.9 Å². The summed E-state index contributed by atoms with van der Waals surface area (Å²) in [7, 11) is 0. The van der Waals surface area contributed by atoms with Gasteiger partial charge in [-0.05, 0) is 12.0 Å². The van der Waals surface area contributed by atoms with Crippen molar-refractivity contribution in [1.29, 1.82) is 0 Å². The zero-order valence-corrected chi connectivity index (χ0v) is 10.1. The molecule has 1 heterocycles. The fourth-order valence-electron chi connectivity index (χ4n) is 2.54. The van der Waals surface area contributed by atoms with Crippen LogP contribution in [0, 0.1) is 5.41 Å². The first kappa shape index (κ1) is 11.3. The number of amides is 1. The number of carbonyl (C=O) groups excluding carboxylic acids is 2. The molecule has 0 aromatic heterocycles. The molecule has 1 saturated heterocycles. The number of nitrogens with zero attached hydrogens (tertiary/aromatic N) is 1. The summed E-state index contributed by atoms with van der Waals surface area (Å²) in [4.78, 5) is 24.7. The minimum Gasteiger partial charge on any atom is -0.445 e. The molecule has 1 saturated carbocycles. The number of benzene rings is 1. The van der Waals surface area contributed by atoms with Crippen LogP contribution in [0.5, 0.6) is 0 Å². The molecule has 1 amide bonds. The number of rotatable bonds is 2. The van der Waals surface area contributed by atoms with E-state index in [1.807, 2.05) is 30.3 Å². The molecule has 2 aliphatic rings. The second-order valence-electron chi connectivity index (χ2n) is 5.10. The predicted molar refractivity (Wildman–Crippen MR) is 64.9 cm³/mol. The molecule has 0 N–H and O–H groups in total. The Balaban J connectivity index is 1.48. The lowest BCUT2D eigenvalue weighted by Gasteiger charge is -2.53. The normalized spacial score (nSPS) is 20.2. The highest BCUT2D eigenvalue weighted by molar-refractivity contribution is 5.93. The van der Waals surface area contributed by atoms with Crippen LogP contribution < -0.4 is 0 Å². The first-order valence-corrected chi connectivity index (χ1v) is 6.19. The zero-order chi connectivity index (χ0) is 12.6. The molecule has 2 fully saturated rings. The van der Waals surface area contributed by atoms with E-state index >= 15 is 0 Å². The van der Waals surface area contributed by atoms with Gasteiger partial charge in [0.15, 0.2) is 0 Å². The van der Waals surface area contributed by atoms with E-state index in [2.05, 4.69) is 0 Å². The molecule has 0 unspecified atom stereocenters. The lowest BCUT2D eigenvalue weighted by Crippen LogP contribution is -2.66. The lowest BCUT2D eigenvalue weighted by molar-refractivity contribution is -0.150. The third kappa shape index (κ3) is 1.78. The number of carbonyl (C=O) groups is 2. The number of ether oxygens (including phenoxy) is 1. The molecule has 3 rings (SSSR count). The number of hydrogen-bond donors (Lipinski definition) is 0. The van der Waals surface area contributed by atoms with Gasteiger partial charge in [-0.15, -0.1) is 0 Å². The van der Waals surface area contributed by atoms with Crippen molar-refractivity contribution in [2.24, 2.45) is 5.41 Å². The van der Waals surface area contributed by atoms with E-state index in [0.29, 0.717) is 25.3 Å². The molecular weight excluding hydrogens is 230 g/mol. The Morgan fingerprint density at radius 3 is 2.56 bits per heavy atom. The average molecular weight is 245 g/mol. The van der Waals surface area contributed by atoms with Gasteiger partial charge in [-0.3, -0.25) is 4.79 Å². The molecule has 0 bridgehead atoms. The molecule has 0 radical (unpaired) electrons. The molecule has 4 nitrogen and oxygen atoms in total. The van der Waals surface area contributed by atoms with Crippen molar-refractivity contribution in [1.82, 2.24) is 4.90 Å². The van der Waals surface area contributed by atoms with E-state index < -0.39 is 0 Å². The van der Waals surface area contributed by atoms with Gasteiger partial charge in [0, 0.05) is 19.5 Å². The molecule has 1 aliphatic carbocycles. The van der Waals surface area contributed by atoms with E-state index in [0.717, 1.165) is 12.0 Å². The van der Waals surface area contributed by atoms with Gasteiger partial charge in [-0.1, -0.05) is 30.3 Å². The fourth-order valence-corrected chi connectivity index (χ4v) is 2.54. The Morgan fingerprint density at radius 2 is 2.00 bits per heavy atom. The van der Waals surface area contributed by atoms with Crippen LogP contribution in [0.3, 0.4) is 0 Å². The Bertz CT molecular complexity index is 477. The van der Waals surface area contributed by atoms with Gasteiger partial charge in [-0.25, -0.2) is 4.79 Å². The summed E-state index contributed by atoms with van der Waals surface area (Å²) in [5.41, 5.74) is 0.770. The number of hydrogen-bond acceptors (Lipinski definition) is 3.